The minimum absolute atomic E-state index is 0.0140. The monoisotopic (exact) mass is 429 g/mol. The number of terminal acetylenes is 1. The van der Waals surface area contributed by atoms with Gasteiger partial charge in [0.15, 0.2) is 5.82 Å². The van der Waals surface area contributed by atoms with Crippen LogP contribution in [0.25, 0.3) is 16.9 Å². The predicted molar refractivity (Wildman–Crippen MR) is 124 cm³/mol. The summed E-state index contributed by atoms with van der Waals surface area (Å²) in [5.74, 6) is 3.52. The molecule has 7 heteroatoms. The average molecular weight is 430 g/mol. The van der Waals surface area contributed by atoms with Crippen molar-refractivity contribution in [1.29, 1.82) is 0 Å². The summed E-state index contributed by atoms with van der Waals surface area (Å²) < 4.78 is 1.36. The van der Waals surface area contributed by atoms with Gasteiger partial charge >= 0.3 is 0 Å². The maximum absolute atomic E-state index is 12.9. The molecule has 1 amide bonds. The van der Waals surface area contributed by atoms with E-state index in [0.29, 0.717) is 22.9 Å². The van der Waals surface area contributed by atoms with Gasteiger partial charge in [-0.25, -0.2) is 4.98 Å². The molecule has 0 saturated carbocycles. The van der Waals surface area contributed by atoms with Crippen LogP contribution in [0.15, 0.2) is 42.7 Å². The van der Waals surface area contributed by atoms with Crippen LogP contribution in [0.3, 0.4) is 0 Å². The van der Waals surface area contributed by atoms with Gasteiger partial charge in [0, 0.05) is 31.4 Å². The third-order valence-electron chi connectivity index (χ3n) is 5.84. The molecule has 2 aromatic heterocycles. The van der Waals surface area contributed by atoms with Crippen molar-refractivity contribution < 1.29 is 9.90 Å². The lowest BCUT2D eigenvalue weighted by molar-refractivity contribution is 0.0784. The summed E-state index contributed by atoms with van der Waals surface area (Å²) in [6.45, 7) is 4.44. The summed E-state index contributed by atoms with van der Waals surface area (Å²) in [6, 6.07) is 9.04. The smallest absolute Gasteiger partial charge is 0.255 e. The lowest BCUT2D eigenvalue weighted by Crippen LogP contribution is -2.30. The van der Waals surface area contributed by atoms with Gasteiger partial charge in [0.05, 0.1) is 17.3 Å². The van der Waals surface area contributed by atoms with E-state index in [-0.39, 0.29) is 11.8 Å². The highest BCUT2D eigenvalue weighted by Gasteiger charge is 2.27. The van der Waals surface area contributed by atoms with Crippen molar-refractivity contribution in [2.45, 2.75) is 13.3 Å². The van der Waals surface area contributed by atoms with Gasteiger partial charge in [-0.2, -0.15) is 9.78 Å². The minimum atomic E-state index is -0.0146. The number of pyridine rings is 1. The standard InChI is InChI=1S/C25H27N5O2/c1-5-18-6-8-21(17(2)12-18)22-14-27-30(25(22)32)23-9-7-20(13-26-23)24(31)29-11-10-19(16-29)15-28(3)4/h1,6-9,12-14,19,32H,10-11,15-16H2,2-4H3. The number of hydrogen-bond donors (Lipinski definition) is 1. The zero-order chi connectivity index (χ0) is 22.8. The lowest BCUT2D eigenvalue weighted by atomic mass is 10.0. The maximum Gasteiger partial charge on any atom is 0.255 e. The van der Waals surface area contributed by atoms with Gasteiger partial charge in [0.25, 0.3) is 5.91 Å². The highest BCUT2D eigenvalue weighted by Crippen LogP contribution is 2.33. The third kappa shape index (κ3) is 4.23. The predicted octanol–water partition coefficient (Wildman–Crippen LogP) is 2.95. The zero-order valence-electron chi connectivity index (χ0n) is 18.6. The number of hydrogen-bond acceptors (Lipinski definition) is 5. The van der Waals surface area contributed by atoms with E-state index in [0.717, 1.165) is 42.7 Å². The summed E-state index contributed by atoms with van der Waals surface area (Å²) in [4.78, 5) is 21.3. The van der Waals surface area contributed by atoms with Crippen LogP contribution in [0.2, 0.25) is 0 Å². The minimum Gasteiger partial charge on any atom is -0.493 e. The molecule has 32 heavy (non-hydrogen) atoms. The number of carbonyl (C=O) groups excluding carboxylic acids is 1. The molecule has 3 aromatic rings. The molecule has 0 bridgehead atoms. The van der Waals surface area contributed by atoms with E-state index in [1.54, 1.807) is 24.5 Å². The molecule has 1 atom stereocenters. The summed E-state index contributed by atoms with van der Waals surface area (Å²) in [5, 5.41) is 15.1. The van der Waals surface area contributed by atoms with E-state index in [1.807, 2.05) is 30.0 Å². The Bertz CT molecular complexity index is 1170. The van der Waals surface area contributed by atoms with E-state index in [2.05, 4.69) is 35.0 Å². The fourth-order valence-electron chi connectivity index (χ4n) is 4.26. The number of aromatic nitrogens is 3. The van der Waals surface area contributed by atoms with Crippen molar-refractivity contribution in [3.8, 4) is 35.2 Å². The normalized spacial score (nSPS) is 15.8. The first-order valence-electron chi connectivity index (χ1n) is 10.6. The number of rotatable bonds is 5. The summed E-state index contributed by atoms with van der Waals surface area (Å²) >= 11 is 0. The zero-order valence-corrected chi connectivity index (χ0v) is 18.6. The molecule has 164 valence electrons. The van der Waals surface area contributed by atoms with Crippen LogP contribution in [0.4, 0.5) is 0 Å². The van der Waals surface area contributed by atoms with Gasteiger partial charge in [0.1, 0.15) is 0 Å². The molecule has 1 saturated heterocycles. The van der Waals surface area contributed by atoms with E-state index in [4.69, 9.17) is 6.42 Å². The Kier molecular flexibility index (Phi) is 5.97. The van der Waals surface area contributed by atoms with Crippen LogP contribution in [-0.2, 0) is 0 Å². The molecule has 1 fully saturated rings. The second-order valence-electron chi connectivity index (χ2n) is 8.54. The van der Waals surface area contributed by atoms with Gasteiger partial charge in [-0.15, -0.1) is 6.42 Å². The number of nitrogens with zero attached hydrogens (tertiary/aromatic N) is 5. The van der Waals surface area contributed by atoms with E-state index in [9.17, 15) is 9.90 Å². The SMILES string of the molecule is C#Cc1ccc(-c2cnn(-c3ccc(C(=O)N4CCC(CN(C)C)C4)cn3)c2O)c(C)c1. The average Bonchev–Trinajstić information content (AvgIpc) is 3.39. The van der Waals surface area contributed by atoms with Crippen molar-refractivity contribution >= 4 is 5.91 Å². The fourth-order valence-corrected chi connectivity index (χ4v) is 4.26. The van der Waals surface area contributed by atoms with Gasteiger partial charge in [0.2, 0.25) is 5.88 Å². The van der Waals surface area contributed by atoms with Crippen molar-refractivity contribution in [2.24, 2.45) is 5.92 Å². The topological polar surface area (TPSA) is 74.5 Å². The largest absolute Gasteiger partial charge is 0.493 e. The molecule has 4 rings (SSSR count). The number of carbonyl (C=O) groups is 1. The Morgan fingerprint density at radius 2 is 2.06 bits per heavy atom. The van der Waals surface area contributed by atoms with Gasteiger partial charge < -0.3 is 14.9 Å². The Balaban J connectivity index is 1.52. The molecular formula is C25H27N5O2. The van der Waals surface area contributed by atoms with E-state index < -0.39 is 0 Å². The third-order valence-corrected chi connectivity index (χ3v) is 5.84. The van der Waals surface area contributed by atoms with Crippen molar-refractivity contribution in [1.82, 2.24) is 24.6 Å². The molecule has 1 aliphatic rings. The summed E-state index contributed by atoms with van der Waals surface area (Å²) in [5.41, 5.74) is 3.71. The Hall–Kier alpha value is -3.63. The summed E-state index contributed by atoms with van der Waals surface area (Å²) in [7, 11) is 4.11. The van der Waals surface area contributed by atoms with Gasteiger partial charge in [-0.1, -0.05) is 12.0 Å². The van der Waals surface area contributed by atoms with Crippen LogP contribution in [0.5, 0.6) is 5.88 Å². The van der Waals surface area contributed by atoms with E-state index in [1.165, 1.54) is 4.68 Å². The second kappa shape index (κ2) is 8.85. The number of benzene rings is 1. The Morgan fingerprint density at radius 3 is 2.72 bits per heavy atom. The van der Waals surface area contributed by atoms with Crippen molar-refractivity contribution in [3.05, 3.63) is 59.4 Å². The Labute approximate surface area is 188 Å². The molecule has 1 aliphatic heterocycles. The number of likely N-dealkylation sites (tertiary alicyclic amines) is 1. The molecule has 0 radical (unpaired) electrons. The number of amides is 1. The van der Waals surface area contributed by atoms with Crippen LogP contribution >= 0.6 is 0 Å². The summed E-state index contributed by atoms with van der Waals surface area (Å²) in [6.07, 6.45) is 9.63. The molecule has 7 nitrogen and oxygen atoms in total. The van der Waals surface area contributed by atoms with Crippen LogP contribution in [-0.4, -0.2) is 69.3 Å². The quantitative estimate of drug-likeness (QED) is 0.632. The molecule has 1 N–H and O–H groups in total. The molecule has 1 unspecified atom stereocenters. The second-order valence-corrected chi connectivity index (χ2v) is 8.54. The number of aryl methyl sites for hydroxylation is 1. The molecule has 1 aromatic carbocycles. The van der Waals surface area contributed by atoms with Gasteiger partial charge in [-0.05, 0) is 68.8 Å². The molecule has 0 aliphatic carbocycles. The van der Waals surface area contributed by atoms with Crippen molar-refractivity contribution in [3.63, 3.8) is 0 Å². The highest BCUT2D eigenvalue weighted by molar-refractivity contribution is 5.94. The van der Waals surface area contributed by atoms with Gasteiger partial charge in [-0.3, -0.25) is 4.79 Å². The maximum atomic E-state index is 12.9. The number of aromatic hydroxyl groups is 1. The molecular weight excluding hydrogens is 402 g/mol. The van der Waals surface area contributed by atoms with E-state index >= 15 is 0 Å². The van der Waals surface area contributed by atoms with Crippen LogP contribution in [0.1, 0.15) is 27.9 Å². The van der Waals surface area contributed by atoms with Crippen molar-refractivity contribution in [2.75, 3.05) is 33.7 Å². The van der Waals surface area contributed by atoms with Crippen LogP contribution in [0, 0.1) is 25.2 Å². The van der Waals surface area contributed by atoms with Crippen LogP contribution < -0.4 is 0 Å². The first kappa shape index (κ1) is 21.6. The highest BCUT2D eigenvalue weighted by atomic mass is 16.3. The first-order chi connectivity index (χ1) is 15.4. The molecule has 3 heterocycles. The molecule has 0 spiro atoms. The Morgan fingerprint density at radius 1 is 1.25 bits per heavy atom. The first-order valence-corrected chi connectivity index (χ1v) is 10.6. The lowest BCUT2D eigenvalue weighted by Gasteiger charge is -2.18. The fraction of sp³-hybridized carbons (Fsp3) is 0.320.